The lowest BCUT2D eigenvalue weighted by atomic mass is 9.87. The van der Waals surface area contributed by atoms with Crippen molar-refractivity contribution in [3.05, 3.63) is 24.5 Å². The van der Waals surface area contributed by atoms with Gasteiger partial charge in [-0.25, -0.2) is 0 Å². The Balaban J connectivity index is 2.27. The first-order chi connectivity index (χ1) is 7.48. The van der Waals surface area contributed by atoms with Crippen LogP contribution in [0, 0.1) is 5.41 Å². The van der Waals surface area contributed by atoms with E-state index in [4.69, 9.17) is 14.7 Å². The molecular formula is C11H15N3O2. The van der Waals surface area contributed by atoms with Gasteiger partial charge in [-0.1, -0.05) is 25.9 Å². The van der Waals surface area contributed by atoms with E-state index in [1.807, 2.05) is 20.8 Å². The number of rotatable bonds is 2. The highest BCUT2D eigenvalue weighted by atomic mass is 16.5. The molecule has 86 valence electrons. The van der Waals surface area contributed by atoms with E-state index in [0.717, 1.165) is 5.56 Å². The van der Waals surface area contributed by atoms with Crippen LogP contribution in [0.1, 0.15) is 32.7 Å². The standard InChI is InChI=1S/C11H15N3O2/c1-11(2,3)8(12)10-13-9(14-16-10)7-4-5-15-6-7/h4-6,8H,12H2,1-3H3. The summed E-state index contributed by atoms with van der Waals surface area (Å²) in [4.78, 5) is 4.26. The second kappa shape index (κ2) is 3.75. The number of nitrogens with two attached hydrogens (primary N) is 1. The van der Waals surface area contributed by atoms with Crippen LogP contribution in [0.2, 0.25) is 0 Å². The van der Waals surface area contributed by atoms with Crippen molar-refractivity contribution in [1.82, 2.24) is 10.1 Å². The van der Waals surface area contributed by atoms with E-state index in [1.54, 1.807) is 18.6 Å². The van der Waals surface area contributed by atoms with Crippen molar-refractivity contribution in [3.63, 3.8) is 0 Å². The molecule has 0 aromatic carbocycles. The van der Waals surface area contributed by atoms with Gasteiger partial charge in [0, 0.05) is 0 Å². The molecule has 5 nitrogen and oxygen atoms in total. The van der Waals surface area contributed by atoms with Gasteiger partial charge in [0.25, 0.3) is 0 Å². The first-order valence-electron chi connectivity index (χ1n) is 5.10. The van der Waals surface area contributed by atoms with Gasteiger partial charge in [-0.3, -0.25) is 0 Å². The Morgan fingerprint density at radius 2 is 2.12 bits per heavy atom. The molecule has 0 saturated carbocycles. The van der Waals surface area contributed by atoms with Gasteiger partial charge < -0.3 is 14.7 Å². The fourth-order valence-electron chi connectivity index (χ4n) is 1.24. The predicted molar refractivity (Wildman–Crippen MR) is 58.4 cm³/mol. The third-order valence-corrected chi connectivity index (χ3v) is 2.42. The zero-order valence-electron chi connectivity index (χ0n) is 9.60. The van der Waals surface area contributed by atoms with Gasteiger partial charge in [0.1, 0.15) is 6.26 Å². The highest BCUT2D eigenvalue weighted by Crippen LogP contribution is 2.30. The summed E-state index contributed by atoms with van der Waals surface area (Å²) in [5.74, 6) is 0.951. The molecule has 0 spiro atoms. The number of nitrogens with zero attached hydrogens (tertiary/aromatic N) is 2. The normalized spacial score (nSPS) is 14.0. The minimum Gasteiger partial charge on any atom is -0.472 e. The first kappa shape index (κ1) is 10.9. The van der Waals surface area contributed by atoms with E-state index in [9.17, 15) is 0 Å². The van der Waals surface area contributed by atoms with Crippen LogP contribution in [-0.4, -0.2) is 10.1 Å². The molecule has 0 fully saturated rings. The molecular weight excluding hydrogens is 206 g/mol. The second-order valence-corrected chi connectivity index (χ2v) is 4.81. The van der Waals surface area contributed by atoms with Crippen molar-refractivity contribution in [3.8, 4) is 11.4 Å². The van der Waals surface area contributed by atoms with Crippen LogP contribution in [0.25, 0.3) is 11.4 Å². The van der Waals surface area contributed by atoms with Gasteiger partial charge in [-0.15, -0.1) is 0 Å². The van der Waals surface area contributed by atoms with E-state index in [0.29, 0.717) is 11.7 Å². The van der Waals surface area contributed by atoms with Crippen LogP contribution < -0.4 is 5.73 Å². The fourth-order valence-corrected chi connectivity index (χ4v) is 1.24. The van der Waals surface area contributed by atoms with Crippen molar-refractivity contribution >= 4 is 0 Å². The Morgan fingerprint density at radius 3 is 2.69 bits per heavy atom. The summed E-state index contributed by atoms with van der Waals surface area (Å²) in [6.07, 6.45) is 3.13. The van der Waals surface area contributed by atoms with E-state index < -0.39 is 0 Å². The molecule has 1 atom stereocenters. The maximum atomic E-state index is 6.02. The van der Waals surface area contributed by atoms with E-state index in [-0.39, 0.29) is 11.5 Å². The van der Waals surface area contributed by atoms with Crippen LogP contribution in [-0.2, 0) is 0 Å². The molecule has 0 aliphatic carbocycles. The molecule has 0 radical (unpaired) electrons. The SMILES string of the molecule is CC(C)(C)C(N)c1nc(-c2ccoc2)no1. The Labute approximate surface area is 93.6 Å². The Morgan fingerprint density at radius 1 is 1.38 bits per heavy atom. The molecule has 2 aromatic heterocycles. The monoisotopic (exact) mass is 221 g/mol. The number of hydrogen-bond donors (Lipinski definition) is 1. The molecule has 2 heterocycles. The lowest BCUT2D eigenvalue weighted by Gasteiger charge is -2.23. The number of furan rings is 1. The Hall–Kier alpha value is -1.62. The zero-order chi connectivity index (χ0) is 11.8. The summed E-state index contributed by atoms with van der Waals surface area (Å²) in [5.41, 5.74) is 6.70. The molecule has 5 heteroatoms. The maximum absolute atomic E-state index is 6.02. The second-order valence-electron chi connectivity index (χ2n) is 4.81. The third kappa shape index (κ3) is 1.99. The first-order valence-corrected chi connectivity index (χ1v) is 5.10. The van der Waals surface area contributed by atoms with Gasteiger partial charge >= 0.3 is 0 Å². The summed E-state index contributed by atoms with van der Waals surface area (Å²) in [6, 6.07) is 1.50. The van der Waals surface area contributed by atoms with Crippen molar-refractivity contribution in [2.24, 2.45) is 11.1 Å². The minimum absolute atomic E-state index is 0.111. The van der Waals surface area contributed by atoms with Crippen molar-refractivity contribution in [2.45, 2.75) is 26.8 Å². The molecule has 0 bridgehead atoms. The summed E-state index contributed by atoms with van der Waals surface area (Å²) in [5, 5.41) is 3.87. The van der Waals surface area contributed by atoms with Gasteiger partial charge in [0.05, 0.1) is 17.9 Å². The lowest BCUT2D eigenvalue weighted by molar-refractivity contribution is 0.253. The molecule has 0 aliphatic rings. The van der Waals surface area contributed by atoms with E-state index in [1.165, 1.54) is 0 Å². The summed E-state index contributed by atoms with van der Waals surface area (Å²) < 4.78 is 10.1. The molecule has 2 N–H and O–H groups in total. The lowest BCUT2D eigenvalue weighted by Crippen LogP contribution is -2.26. The molecule has 0 amide bonds. The topological polar surface area (TPSA) is 78.1 Å². The van der Waals surface area contributed by atoms with Crippen molar-refractivity contribution < 1.29 is 8.94 Å². The summed E-state index contributed by atoms with van der Waals surface area (Å²) in [7, 11) is 0. The van der Waals surface area contributed by atoms with Crippen LogP contribution in [0.5, 0.6) is 0 Å². The molecule has 16 heavy (non-hydrogen) atoms. The highest BCUT2D eigenvalue weighted by molar-refractivity contribution is 5.51. The molecule has 0 saturated heterocycles. The van der Waals surface area contributed by atoms with Crippen molar-refractivity contribution in [1.29, 1.82) is 0 Å². The zero-order valence-corrected chi connectivity index (χ0v) is 9.60. The van der Waals surface area contributed by atoms with Gasteiger partial charge in [0.2, 0.25) is 11.7 Å². The quantitative estimate of drug-likeness (QED) is 0.842. The highest BCUT2D eigenvalue weighted by Gasteiger charge is 2.27. The predicted octanol–water partition coefficient (Wildman–Crippen LogP) is 2.38. The maximum Gasteiger partial charge on any atom is 0.244 e. The van der Waals surface area contributed by atoms with Crippen LogP contribution >= 0.6 is 0 Å². The average molecular weight is 221 g/mol. The summed E-state index contributed by atoms with van der Waals surface area (Å²) in [6.45, 7) is 6.08. The average Bonchev–Trinajstić information content (AvgIpc) is 2.85. The Kier molecular flexibility index (Phi) is 2.55. The van der Waals surface area contributed by atoms with Crippen LogP contribution in [0.3, 0.4) is 0 Å². The fraction of sp³-hybridized carbons (Fsp3) is 0.455. The van der Waals surface area contributed by atoms with E-state index in [2.05, 4.69) is 10.1 Å². The minimum atomic E-state index is -0.277. The largest absolute Gasteiger partial charge is 0.472 e. The van der Waals surface area contributed by atoms with E-state index >= 15 is 0 Å². The van der Waals surface area contributed by atoms with Crippen LogP contribution in [0.4, 0.5) is 0 Å². The van der Waals surface area contributed by atoms with Gasteiger partial charge in [-0.05, 0) is 11.5 Å². The van der Waals surface area contributed by atoms with Crippen molar-refractivity contribution in [2.75, 3.05) is 0 Å². The third-order valence-electron chi connectivity index (χ3n) is 2.42. The molecule has 1 unspecified atom stereocenters. The smallest absolute Gasteiger partial charge is 0.244 e. The Bertz CT molecular complexity index is 454. The molecule has 2 rings (SSSR count). The van der Waals surface area contributed by atoms with Gasteiger partial charge in [-0.2, -0.15) is 4.98 Å². The molecule has 2 aromatic rings. The molecule has 0 aliphatic heterocycles. The van der Waals surface area contributed by atoms with Crippen LogP contribution in [0.15, 0.2) is 27.5 Å². The summed E-state index contributed by atoms with van der Waals surface area (Å²) >= 11 is 0. The number of hydrogen-bond acceptors (Lipinski definition) is 5. The number of aromatic nitrogens is 2. The van der Waals surface area contributed by atoms with Gasteiger partial charge in [0.15, 0.2) is 0 Å².